The highest BCUT2D eigenvalue weighted by Gasteiger charge is 2.71. The van der Waals surface area contributed by atoms with Crippen LogP contribution in [0.1, 0.15) is 132 Å². The van der Waals surface area contributed by atoms with Crippen LogP contribution in [-0.2, 0) is 9.53 Å². The topological polar surface area (TPSA) is 55.8 Å². The summed E-state index contributed by atoms with van der Waals surface area (Å²) in [6.07, 6.45) is 18.2. The molecule has 45 heavy (non-hydrogen) atoms. The van der Waals surface area contributed by atoms with Crippen molar-refractivity contribution in [3.05, 3.63) is 41.5 Å². The normalized spacial score (nSPS) is 39.3. The Labute approximate surface area is 274 Å². The molecule has 0 bridgehead atoms. The lowest BCUT2D eigenvalue weighted by molar-refractivity contribution is -0.247. The molecule has 4 aliphatic rings. The highest BCUT2D eigenvalue weighted by Crippen LogP contribution is 2.78. The van der Waals surface area contributed by atoms with Crippen molar-refractivity contribution in [2.24, 2.45) is 50.7 Å². The molecule has 0 aromatic heterocycles. The molecule has 0 spiro atoms. The maximum atomic E-state index is 13.1. The molecular weight excluding hydrogens is 556 g/mol. The number of aromatic hydroxyl groups is 1. The van der Waals surface area contributed by atoms with E-state index in [4.69, 9.17) is 9.47 Å². The Balaban J connectivity index is 1.32. The first-order chi connectivity index (χ1) is 21.0. The van der Waals surface area contributed by atoms with E-state index < -0.39 is 0 Å². The van der Waals surface area contributed by atoms with Crippen molar-refractivity contribution in [3.8, 4) is 11.5 Å². The second-order valence-electron chi connectivity index (χ2n) is 17.4. The molecule has 4 nitrogen and oxygen atoms in total. The van der Waals surface area contributed by atoms with Gasteiger partial charge in [0.05, 0.1) is 7.11 Å². The van der Waals surface area contributed by atoms with Crippen LogP contribution in [0.2, 0.25) is 0 Å². The van der Waals surface area contributed by atoms with E-state index in [1.54, 1.807) is 24.3 Å². The van der Waals surface area contributed by atoms with Gasteiger partial charge in [-0.1, -0.05) is 66.2 Å². The number of carbonyl (C=O) groups is 1. The number of methoxy groups -OCH3 is 1. The van der Waals surface area contributed by atoms with Crippen molar-refractivity contribution in [1.29, 1.82) is 0 Å². The third-order valence-corrected chi connectivity index (χ3v) is 15.0. The number of fused-ring (bicyclic) bond motifs is 5. The third kappa shape index (κ3) is 5.48. The summed E-state index contributed by atoms with van der Waals surface area (Å²) in [5.41, 5.74) is 3.48. The predicted molar refractivity (Wildman–Crippen MR) is 185 cm³/mol. The van der Waals surface area contributed by atoms with Crippen molar-refractivity contribution in [2.45, 2.75) is 133 Å². The molecule has 1 N–H and O–H groups in total. The maximum Gasteiger partial charge on any atom is 0.331 e. The summed E-state index contributed by atoms with van der Waals surface area (Å²) >= 11 is 0. The van der Waals surface area contributed by atoms with Crippen LogP contribution in [0.3, 0.4) is 0 Å². The standard InChI is InChI=1S/C41H62O4/c1-27(2)12-11-13-28(3)30-20-22-40(8)34-18-17-33-37(4,5)35(21-23-39(33,7)41(34,9)25-24-38(30,40)6)45-36(43)19-15-29-14-16-31(42)32(26-29)44-10/h12,14-16,19,26,28,30,33-35,42H,11,13,17-18,20-25H2,1-10H3/b19-15+/t28?,30-,33?,34?,35+,38-,39+,40+,41?/m1/s1. The Bertz CT molecular complexity index is 1320. The fourth-order valence-electron chi connectivity index (χ4n) is 12.1. The van der Waals surface area contributed by atoms with Gasteiger partial charge in [-0.3, -0.25) is 0 Å². The number of phenols is 1. The van der Waals surface area contributed by atoms with Crippen LogP contribution in [0.4, 0.5) is 0 Å². The van der Waals surface area contributed by atoms with Crippen molar-refractivity contribution in [1.82, 2.24) is 0 Å². The zero-order valence-corrected chi connectivity index (χ0v) is 30.1. The molecule has 4 saturated carbocycles. The first kappa shape index (κ1) is 34.1. The van der Waals surface area contributed by atoms with Crippen LogP contribution in [0.5, 0.6) is 11.5 Å². The summed E-state index contributed by atoms with van der Waals surface area (Å²) in [5.74, 6) is 3.06. The number of hydrogen-bond acceptors (Lipinski definition) is 4. The fourth-order valence-corrected chi connectivity index (χ4v) is 12.1. The number of allylic oxidation sites excluding steroid dienone is 2. The molecule has 4 heteroatoms. The van der Waals surface area contributed by atoms with Crippen molar-refractivity contribution in [3.63, 3.8) is 0 Å². The minimum Gasteiger partial charge on any atom is -0.504 e. The Kier molecular flexibility index (Phi) is 9.17. The molecule has 250 valence electrons. The van der Waals surface area contributed by atoms with E-state index in [1.807, 2.05) is 0 Å². The Hall–Kier alpha value is -2.23. The molecule has 0 aliphatic heterocycles. The van der Waals surface area contributed by atoms with Gasteiger partial charge < -0.3 is 14.6 Å². The number of esters is 1. The molecule has 1 aromatic rings. The lowest BCUT2D eigenvalue weighted by atomic mass is 9.33. The summed E-state index contributed by atoms with van der Waals surface area (Å²) in [6.45, 7) is 22.5. The van der Waals surface area contributed by atoms with Crippen LogP contribution in [-0.4, -0.2) is 24.3 Å². The fraction of sp³-hybridized carbons (Fsp3) is 0.732. The summed E-state index contributed by atoms with van der Waals surface area (Å²) < 4.78 is 11.5. The average Bonchev–Trinajstić information content (AvgIpc) is 3.25. The minimum atomic E-state index is -0.291. The van der Waals surface area contributed by atoms with Crippen LogP contribution >= 0.6 is 0 Å². The number of carbonyl (C=O) groups excluding carboxylic acids is 1. The van der Waals surface area contributed by atoms with E-state index in [9.17, 15) is 9.90 Å². The van der Waals surface area contributed by atoms with Gasteiger partial charge in [-0.25, -0.2) is 4.79 Å². The van der Waals surface area contributed by atoms with Crippen LogP contribution < -0.4 is 4.74 Å². The van der Waals surface area contributed by atoms with Gasteiger partial charge in [0.25, 0.3) is 0 Å². The molecule has 0 amide bonds. The number of benzene rings is 1. The molecule has 0 radical (unpaired) electrons. The van der Waals surface area contributed by atoms with Gasteiger partial charge in [0.15, 0.2) is 11.5 Å². The third-order valence-electron chi connectivity index (χ3n) is 15.0. The van der Waals surface area contributed by atoms with E-state index in [-0.39, 0.29) is 28.7 Å². The monoisotopic (exact) mass is 618 g/mol. The second kappa shape index (κ2) is 12.1. The SMILES string of the molecule is COc1cc(/C=C/C(=O)O[C@H]2CC[C@@]3(C)C(CCC4C3(C)CC[C@]3(C)[C@@H](C(C)CCC=C(C)C)CC[C@@]43C)C2(C)C)ccc1O. The highest BCUT2D eigenvalue weighted by atomic mass is 16.5. The first-order valence-corrected chi connectivity index (χ1v) is 17.9. The molecule has 1 aromatic carbocycles. The van der Waals surface area contributed by atoms with Crippen LogP contribution in [0.25, 0.3) is 6.08 Å². The molecule has 5 rings (SSSR count). The summed E-state index contributed by atoms with van der Waals surface area (Å²) in [5, 5.41) is 9.90. The van der Waals surface area contributed by atoms with Gasteiger partial charge in [0.1, 0.15) is 6.10 Å². The van der Waals surface area contributed by atoms with E-state index in [0.717, 1.165) is 36.2 Å². The first-order valence-electron chi connectivity index (χ1n) is 17.9. The van der Waals surface area contributed by atoms with Crippen molar-refractivity contribution in [2.75, 3.05) is 7.11 Å². The molecule has 4 aliphatic carbocycles. The van der Waals surface area contributed by atoms with Crippen LogP contribution in [0.15, 0.2) is 35.9 Å². The Morgan fingerprint density at radius 3 is 2.22 bits per heavy atom. The van der Waals surface area contributed by atoms with E-state index in [2.05, 4.69) is 68.4 Å². The number of hydrogen-bond donors (Lipinski definition) is 1. The molecule has 0 saturated heterocycles. The predicted octanol–water partition coefficient (Wildman–Crippen LogP) is 10.8. The van der Waals surface area contributed by atoms with Gasteiger partial charge in [-0.05, 0) is 147 Å². The van der Waals surface area contributed by atoms with Gasteiger partial charge in [-0.2, -0.15) is 0 Å². The Morgan fingerprint density at radius 2 is 1.53 bits per heavy atom. The van der Waals surface area contributed by atoms with E-state index in [0.29, 0.717) is 27.9 Å². The largest absolute Gasteiger partial charge is 0.504 e. The zero-order chi connectivity index (χ0) is 33.0. The molecular formula is C41H62O4. The highest BCUT2D eigenvalue weighted by molar-refractivity contribution is 5.87. The van der Waals surface area contributed by atoms with Gasteiger partial charge >= 0.3 is 5.97 Å². The van der Waals surface area contributed by atoms with Crippen molar-refractivity contribution >= 4 is 12.0 Å². The average molecular weight is 619 g/mol. The zero-order valence-electron chi connectivity index (χ0n) is 30.1. The lowest BCUT2D eigenvalue weighted by Gasteiger charge is -2.72. The van der Waals surface area contributed by atoms with Crippen LogP contribution in [0, 0.1) is 50.7 Å². The van der Waals surface area contributed by atoms with Gasteiger partial charge in [0.2, 0.25) is 0 Å². The summed E-state index contributed by atoms with van der Waals surface area (Å²) in [7, 11) is 1.52. The summed E-state index contributed by atoms with van der Waals surface area (Å²) in [4.78, 5) is 13.1. The number of rotatable bonds is 8. The smallest absolute Gasteiger partial charge is 0.331 e. The van der Waals surface area contributed by atoms with Crippen molar-refractivity contribution < 1.29 is 19.4 Å². The number of phenolic OH excluding ortho intramolecular Hbond substituents is 1. The van der Waals surface area contributed by atoms with E-state index in [1.165, 1.54) is 70.1 Å². The second-order valence-corrected chi connectivity index (χ2v) is 17.4. The van der Waals surface area contributed by atoms with Gasteiger partial charge in [0, 0.05) is 11.5 Å². The van der Waals surface area contributed by atoms with Gasteiger partial charge in [-0.15, -0.1) is 0 Å². The molecule has 4 unspecified atom stereocenters. The quantitative estimate of drug-likeness (QED) is 0.179. The molecule has 0 heterocycles. The van der Waals surface area contributed by atoms with E-state index >= 15 is 0 Å². The molecule has 9 atom stereocenters. The molecule has 4 fully saturated rings. The maximum absolute atomic E-state index is 13.1. The lowest BCUT2D eigenvalue weighted by Crippen LogP contribution is -2.66. The minimum absolute atomic E-state index is 0.0849. The Morgan fingerprint density at radius 1 is 0.911 bits per heavy atom. The summed E-state index contributed by atoms with van der Waals surface area (Å²) in [6, 6.07) is 5.07. The number of ether oxygens (including phenoxy) is 2.